The van der Waals surface area contributed by atoms with E-state index in [1.165, 1.54) is 21.6 Å². The van der Waals surface area contributed by atoms with Crippen LogP contribution in [0.15, 0.2) is 23.6 Å². The van der Waals surface area contributed by atoms with Gasteiger partial charge in [-0.1, -0.05) is 43.6 Å². The quantitative estimate of drug-likeness (QED) is 0.806. The van der Waals surface area contributed by atoms with Crippen LogP contribution >= 0.6 is 22.9 Å². The van der Waals surface area contributed by atoms with Crippen LogP contribution in [0.1, 0.15) is 47.0 Å². The fourth-order valence-corrected chi connectivity index (χ4v) is 3.96. The third-order valence-corrected chi connectivity index (χ3v) is 5.57. The molecule has 1 atom stereocenters. The highest BCUT2D eigenvalue weighted by atomic mass is 35.5. The average molecular weight is 308 g/mol. The monoisotopic (exact) mass is 307 g/mol. The Hall–Kier alpha value is -0.830. The summed E-state index contributed by atoms with van der Waals surface area (Å²) in [6, 6.07) is 7.00. The van der Waals surface area contributed by atoms with Crippen molar-refractivity contribution in [2.45, 2.75) is 39.7 Å². The van der Waals surface area contributed by atoms with Crippen molar-refractivity contribution in [3.63, 3.8) is 0 Å². The Labute approximate surface area is 131 Å². The van der Waals surface area contributed by atoms with Crippen LogP contribution in [0.5, 0.6) is 0 Å². The molecule has 0 radical (unpaired) electrons. The molecule has 0 spiro atoms. The standard InChI is InChI=1S/C17H22ClNS/c1-5-12-7-8-13(6-2)14(9-12)16(19-4)17-15(18)11(3)10-20-17/h7-10,16,19H,5-6H2,1-4H3. The number of nitrogens with one attached hydrogen (secondary N) is 1. The molecule has 3 heteroatoms. The summed E-state index contributed by atoms with van der Waals surface area (Å²) >= 11 is 8.21. The highest BCUT2D eigenvalue weighted by Gasteiger charge is 2.20. The first-order valence-corrected chi connectivity index (χ1v) is 8.40. The molecule has 1 heterocycles. The van der Waals surface area contributed by atoms with Crippen LogP contribution in [-0.4, -0.2) is 7.05 Å². The minimum absolute atomic E-state index is 0.183. The molecule has 1 aromatic heterocycles. The second-order valence-electron chi connectivity index (χ2n) is 5.06. The zero-order chi connectivity index (χ0) is 14.7. The van der Waals surface area contributed by atoms with E-state index in [1.807, 2.05) is 7.05 Å². The first kappa shape index (κ1) is 15.6. The second-order valence-corrected chi connectivity index (χ2v) is 6.35. The number of halogens is 1. The Balaban J connectivity index is 2.53. The number of aryl methyl sites for hydroxylation is 3. The highest BCUT2D eigenvalue weighted by Crippen LogP contribution is 2.37. The first-order chi connectivity index (χ1) is 9.62. The predicted octanol–water partition coefficient (Wildman–Crippen LogP) is 5.14. The van der Waals surface area contributed by atoms with Crippen molar-refractivity contribution in [3.05, 3.63) is 55.7 Å². The molecule has 108 valence electrons. The van der Waals surface area contributed by atoms with E-state index in [0.717, 1.165) is 23.4 Å². The molecule has 1 nitrogen and oxygen atoms in total. The van der Waals surface area contributed by atoms with Crippen LogP contribution in [0.2, 0.25) is 5.02 Å². The van der Waals surface area contributed by atoms with Crippen molar-refractivity contribution in [2.75, 3.05) is 7.05 Å². The van der Waals surface area contributed by atoms with Gasteiger partial charge in [-0.15, -0.1) is 11.3 Å². The van der Waals surface area contributed by atoms with Crippen molar-refractivity contribution in [1.29, 1.82) is 0 Å². The van der Waals surface area contributed by atoms with Crippen LogP contribution in [0, 0.1) is 6.92 Å². The normalized spacial score (nSPS) is 12.7. The maximum atomic E-state index is 6.47. The van der Waals surface area contributed by atoms with Gasteiger partial charge in [0.2, 0.25) is 0 Å². The van der Waals surface area contributed by atoms with E-state index in [9.17, 15) is 0 Å². The number of thiophene rings is 1. The summed E-state index contributed by atoms with van der Waals surface area (Å²) in [6.45, 7) is 6.47. The van der Waals surface area contributed by atoms with Gasteiger partial charge in [0.25, 0.3) is 0 Å². The molecule has 0 bridgehead atoms. The SMILES string of the molecule is CCc1ccc(CC)c(C(NC)c2scc(C)c2Cl)c1. The topological polar surface area (TPSA) is 12.0 Å². The van der Waals surface area contributed by atoms with Gasteiger partial charge in [-0.25, -0.2) is 0 Å². The van der Waals surface area contributed by atoms with E-state index < -0.39 is 0 Å². The molecule has 0 fully saturated rings. The predicted molar refractivity (Wildman–Crippen MR) is 90.2 cm³/mol. The summed E-state index contributed by atoms with van der Waals surface area (Å²) in [6.07, 6.45) is 2.10. The summed E-state index contributed by atoms with van der Waals surface area (Å²) in [7, 11) is 2.01. The van der Waals surface area contributed by atoms with Crippen molar-refractivity contribution in [1.82, 2.24) is 5.32 Å². The van der Waals surface area contributed by atoms with Gasteiger partial charge in [-0.3, -0.25) is 0 Å². The summed E-state index contributed by atoms with van der Waals surface area (Å²) in [5.41, 5.74) is 5.29. The maximum absolute atomic E-state index is 6.47. The third kappa shape index (κ3) is 2.93. The molecule has 1 unspecified atom stereocenters. The number of hydrogen-bond donors (Lipinski definition) is 1. The van der Waals surface area contributed by atoms with E-state index in [4.69, 9.17) is 11.6 Å². The van der Waals surface area contributed by atoms with Gasteiger partial charge in [0.1, 0.15) is 0 Å². The molecular weight excluding hydrogens is 286 g/mol. The average Bonchev–Trinajstić information content (AvgIpc) is 2.80. The molecule has 2 rings (SSSR count). The maximum Gasteiger partial charge on any atom is 0.0686 e. The van der Waals surface area contributed by atoms with E-state index in [0.29, 0.717) is 0 Å². The van der Waals surface area contributed by atoms with Gasteiger partial charge in [0.15, 0.2) is 0 Å². The molecule has 0 aliphatic heterocycles. The molecule has 0 saturated heterocycles. The molecule has 20 heavy (non-hydrogen) atoms. The van der Waals surface area contributed by atoms with Gasteiger partial charge in [-0.2, -0.15) is 0 Å². The third-order valence-electron chi connectivity index (χ3n) is 3.79. The molecule has 2 aromatic rings. The summed E-state index contributed by atoms with van der Waals surface area (Å²) in [5, 5.41) is 6.48. The van der Waals surface area contributed by atoms with Gasteiger partial charge in [-0.05, 0) is 54.4 Å². The Bertz CT molecular complexity index is 589. The first-order valence-electron chi connectivity index (χ1n) is 7.14. The van der Waals surface area contributed by atoms with Gasteiger partial charge >= 0.3 is 0 Å². The second kappa shape index (κ2) is 6.75. The van der Waals surface area contributed by atoms with Crippen LogP contribution in [0.25, 0.3) is 0 Å². The molecule has 0 amide bonds. The van der Waals surface area contributed by atoms with Crippen molar-refractivity contribution < 1.29 is 0 Å². The zero-order valence-corrected chi connectivity index (χ0v) is 14.2. The number of hydrogen-bond acceptors (Lipinski definition) is 2. The highest BCUT2D eigenvalue weighted by molar-refractivity contribution is 7.10. The van der Waals surface area contributed by atoms with Crippen LogP contribution in [-0.2, 0) is 12.8 Å². The Morgan fingerprint density at radius 3 is 2.50 bits per heavy atom. The smallest absolute Gasteiger partial charge is 0.0686 e. The van der Waals surface area contributed by atoms with Crippen molar-refractivity contribution >= 4 is 22.9 Å². The molecular formula is C17H22ClNS. The molecule has 1 aromatic carbocycles. The van der Waals surface area contributed by atoms with Gasteiger partial charge in [0.05, 0.1) is 11.1 Å². The van der Waals surface area contributed by atoms with Crippen LogP contribution in [0.4, 0.5) is 0 Å². The largest absolute Gasteiger partial charge is 0.309 e. The van der Waals surface area contributed by atoms with Gasteiger partial charge in [0, 0.05) is 4.88 Å². The van der Waals surface area contributed by atoms with E-state index in [-0.39, 0.29) is 6.04 Å². The fraction of sp³-hybridized carbons (Fsp3) is 0.412. The number of rotatable bonds is 5. The lowest BCUT2D eigenvalue weighted by Crippen LogP contribution is -2.18. The molecule has 0 saturated carbocycles. The fourth-order valence-electron chi connectivity index (χ4n) is 2.53. The van der Waals surface area contributed by atoms with E-state index in [2.05, 4.69) is 49.7 Å². The van der Waals surface area contributed by atoms with Crippen molar-refractivity contribution in [3.8, 4) is 0 Å². The van der Waals surface area contributed by atoms with E-state index in [1.54, 1.807) is 11.3 Å². The minimum atomic E-state index is 0.183. The molecule has 0 aliphatic carbocycles. The summed E-state index contributed by atoms with van der Waals surface area (Å²) < 4.78 is 0. The Morgan fingerprint density at radius 2 is 2.00 bits per heavy atom. The lowest BCUT2D eigenvalue weighted by molar-refractivity contribution is 0.694. The Morgan fingerprint density at radius 1 is 1.25 bits per heavy atom. The molecule has 0 aliphatic rings. The van der Waals surface area contributed by atoms with Crippen LogP contribution in [0.3, 0.4) is 0 Å². The molecule has 1 N–H and O–H groups in total. The lowest BCUT2D eigenvalue weighted by atomic mass is 9.94. The zero-order valence-electron chi connectivity index (χ0n) is 12.6. The minimum Gasteiger partial charge on any atom is -0.309 e. The van der Waals surface area contributed by atoms with Crippen LogP contribution < -0.4 is 5.32 Å². The summed E-state index contributed by atoms with van der Waals surface area (Å²) in [4.78, 5) is 1.22. The van der Waals surface area contributed by atoms with E-state index >= 15 is 0 Å². The van der Waals surface area contributed by atoms with Crippen molar-refractivity contribution in [2.24, 2.45) is 0 Å². The number of benzene rings is 1. The summed E-state index contributed by atoms with van der Waals surface area (Å²) in [5.74, 6) is 0. The lowest BCUT2D eigenvalue weighted by Gasteiger charge is -2.20. The Kier molecular flexibility index (Phi) is 5.25. The van der Waals surface area contributed by atoms with Gasteiger partial charge < -0.3 is 5.32 Å².